The normalized spacial score (nSPS) is 11.3. The molecule has 0 aliphatic heterocycles. The van der Waals surface area contributed by atoms with Crippen molar-refractivity contribution in [2.75, 3.05) is 4.72 Å². The van der Waals surface area contributed by atoms with E-state index in [1.165, 1.54) is 0 Å². The topological polar surface area (TPSA) is 83.5 Å². The molecule has 0 unspecified atom stereocenters. The number of aromatic carboxylic acids is 1. The molecule has 0 amide bonds. The summed E-state index contributed by atoms with van der Waals surface area (Å²) in [6, 6.07) is 21.6. The van der Waals surface area contributed by atoms with E-state index in [1.54, 1.807) is 30.3 Å². The molecule has 3 rings (SSSR count). The lowest BCUT2D eigenvalue weighted by Gasteiger charge is -2.13. The monoisotopic (exact) mass is 465 g/mol. The standard InChI is InChI=1S/C27H31NO4S/c1-2-10-21-17-19-24(20-18-21)33(31,32)28-26-16-9-7-14-23(26)13-5-3-4-11-22-12-6-8-15-25(22)27(29)30/h6-9,12,14-20,28H,2-5,10-11,13H2,1H3,(H,29,30). The van der Waals surface area contributed by atoms with Crippen LogP contribution in [0, 0.1) is 0 Å². The summed E-state index contributed by atoms with van der Waals surface area (Å²) in [5, 5.41) is 9.30. The molecule has 0 aromatic heterocycles. The molecule has 0 atom stereocenters. The predicted octanol–water partition coefficient (Wildman–Crippen LogP) is 6.09. The van der Waals surface area contributed by atoms with Crippen molar-refractivity contribution in [2.45, 2.75) is 56.8 Å². The number of para-hydroxylation sites is 1. The van der Waals surface area contributed by atoms with Crippen LogP contribution in [0.5, 0.6) is 0 Å². The summed E-state index contributed by atoms with van der Waals surface area (Å²) in [6.45, 7) is 2.10. The van der Waals surface area contributed by atoms with Crippen molar-refractivity contribution >= 4 is 21.7 Å². The van der Waals surface area contributed by atoms with Crippen LogP contribution in [-0.4, -0.2) is 19.5 Å². The number of carbonyl (C=O) groups is 1. The molecule has 0 radical (unpaired) electrons. The number of aryl methyl sites for hydroxylation is 3. The van der Waals surface area contributed by atoms with E-state index in [-0.39, 0.29) is 4.90 Å². The molecule has 0 saturated heterocycles. The van der Waals surface area contributed by atoms with E-state index in [2.05, 4.69) is 11.6 Å². The third kappa shape index (κ3) is 6.93. The summed E-state index contributed by atoms with van der Waals surface area (Å²) in [5.74, 6) is -0.896. The van der Waals surface area contributed by atoms with Crippen LogP contribution in [0.2, 0.25) is 0 Å². The number of hydrogen-bond donors (Lipinski definition) is 2. The lowest BCUT2D eigenvalue weighted by Crippen LogP contribution is -2.14. The Balaban J connectivity index is 1.57. The highest BCUT2D eigenvalue weighted by molar-refractivity contribution is 7.92. The van der Waals surface area contributed by atoms with Gasteiger partial charge >= 0.3 is 5.97 Å². The molecule has 0 saturated carbocycles. The molecule has 174 valence electrons. The fraction of sp³-hybridized carbons (Fsp3) is 0.296. The molecule has 0 spiro atoms. The average Bonchev–Trinajstić information content (AvgIpc) is 2.80. The first-order valence-corrected chi connectivity index (χ1v) is 12.9. The van der Waals surface area contributed by atoms with Crippen molar-refractivity contribution in [3.8, 4) is 0 Å². The zero-order valence-corrected chi connectivity index (χ0v) is 19.8. The van der Waals surface area contributed by atoms with Gasteiger partial charge in [0.2, 0.25) is 0 Å². The number of sulfonamides is 1. The van der Waals surface area contributed by atoms with Gasteiger partial charge in [-0.25, -0.2) is 13.2 Å². The van der Waals surface area contributed by atoms with Gasteiger partial charge in [0.15, 0.2) is 0 Å². The molecule has 0 aliphatic rings. The van der Waals surface area contributed by atoms with Crippen molar-refractivity contribution in [3.05, 3.63) is 95.1 Å². The number of carboxylic acid groups (broad SMARTS) is 1. The molecule has 5 nitrogen and oxygen atoms in total. The second-order valence-corrected chi connectivity index (χ2v) is 9.86. The van der Waals surface area contributed by atoms with Gasteiger partial charge in [-0.05, 0) is 73.1 Å². The number of anilines is 1. The third-order valence-electron chi connectivity index (χ3n) is 5.67. The van der Waals surface area contributed by atoms with Crippen molar-refractivity contribution < 1.29 is 18.3 Å². The Kier molecular flexibility index (Phi) is 8.66. The summed E-state index contributed by atoms with van der Waals surface area (Å²) >= 11 is 0. The summed E-state index contributed by atoms with van der Waals surface area (Å²) in [4.78, 5) is 11.6. The third-order valence-corrected chi connectivity index (χ3v) is 7.06. The van der Waals surface area contributed by atoms with Crippen LogP contribution in [0.25, 0.3) is 0 Å². The minimum atomic E-state index is -3.66. The average molecular weight is 466 g/mol. The molecule has 3 aromatic carbocycles. The maximum atomic E-state index is 12.9. The fourth-order valence-electron chi connectivity index (χ4n) is 3.92. The van der Waals surface area contributed by atoms with Crippen LogP contribution in [0.15, 0.2) is 77.7 Å². The van der Waals surface area contributed by atoms with E-state index < -0.39 is 16.0 Å². The Labute approximate surface area is 196 Å². The Hall–Kier alpha value is -3.12. The van der Waals surface area contributed by atoms with Gasteiger partial charge in [0.25, 0.3) is 10.0 Å². The van der Waals surface area contributed by atoms with Crippen LogP contribution in [0.3, 0.4) is 0 Å². The fourth-order valence-corrected chi connectivity index (χ4v) is 5.02. The number of benzene rings is 3. The summed E-state index contributed by atoms with van der Waals surface area (Å²) in [7, 11) is -3.66. The number of carboxylic acids is 1. The minimum absolute atomic E-state index is 0.259. The second-order valence-electron chi connectivity index (χ2n) is 8.18. The maximum absolute atomic E-state index is 12.9. The molecule has 0 fully saturated rings. The van der Waals surface area contributed by atoms with Crippen LogP contribution >= 0.6 is 0 Å². The van der Waals surface area contributed by atoms with Crippen molar-refractivity contribution in [2.24, 2.45) is 0 Å². The Morgan fingerprint density at radius 2 is 1.39 bits per heavy atom. The van der Waals surface area contributed by atoms with Gasteiger partial charge in [0.1, 0.15) is 0 Å². The molecule has 2 N–H and O–H groups in total. The highest BCUT2D eigenvalue weighted by Gasteiger charge is 2.16. The molecule has 0 aliphatic carbocycles. The lowest BCUT2D eigenvalue weighted by atomic mass is 9.99. The molecular weight excluding hydrogens is 434 g/mol. The van der Waals surface area contributed by atoms with Gasteiger partial charge < -0.3 is 5.11 Å². The van der Waals surface area contributed by atoms with Crippen molar-refractivity contribution in [3.63, 3.8) is 0 Å². The molecule has 6 heteroatoms. The highest BCUT2D eigenvalue weighted by Crippen LogP contribution is 2.23. The van der Waals surface area contributed by atoms with Crippen molar-refractivity contribution in [1.82, 2.24) is 0 Å². The zero-order chi connectivity index (χ0) is 23.7. The summed E-state index contributed by atoms with van der Waals surface area (Å²) < 4.78 is 28.5. The SMILES string of the molecule is CCCc1ccc(S(=O)(=O)Nc2ccccc2CCCCCc2ccccc2C(=O)O)cc1. The van der Waals surface area contributed by atoms with E-state index in [0.29, 0.717) is 17.7 Å². The maximum Gasteiger partial charge on any atom is 0.335 e. The minimum Gasteiger partial charge on any atom is -0.478 e. The number of rotatable bonds is 12. The first-order valence-electron chi connectivity index (χ1n) is 11.4. The van der Waals surface area contributed by atoms with Gasteiger partial charge in [0.05, 0.1) is 16.1 Å². The first kappa shape index (κ1) is 24.5. The molecule has 33 heavy (non-hydrogen) atoms. The largest absolute Gasteiger partial charge is 0.478 e. The van der Waals surface area contributed by atoms with Crippen LogP contribution in [0.1, 0.15) is 59.7 Å². The van der Waals surface area contributed by atoms with Gasteiger partial charge in [-0.3, -0.25) is 4.72 Å². The molecule has 3 aromatic rings. The van der Waals surface area contributed by atoms with Crippen LogP contribution in [-0.2, 0) is 29.3 Å². The predicted molar refractivity (Wildman–Crippen MR) is 132 cm³/mol. The van der Waals surface area contributed by atoms with E-state index in [1.807, 2.05) is 42.5 Å². The van der Waals surface area contributed by atoms with E-state index >= 15 is 0 Å². The van der Waals surface area contributed by atoms with Crippen molar-refractivity contribution in [1.29, 1.82) is 0 Å². The van der Waals surface area contributed by atoms with Gasteiger partial charge in [-0.15, -0.1) is 0 Å². The summed E-state index contributed by atoms with van der Waals surface area (Å²) in [5.41, 5.74) is 3.90. The number of hydrogen-bond acceptors (Lipinski definition) is 3. The van der Waals surface area contributed by atoms with E-state index in [4.69, 9.17) is 0 Å². The molecular formula is C27H31NO4S. The Morgan fingerprint density at radius 1 is 0.788 bits per heavy atom. The quantitative estimate of drug-likeness (QED) is 0.317. The van der Waals surface area contributed by atoms with E-state index in [9.17, 15) is 18.3 Å². The molecule has 0 heterocycles. The van der Waals surface area contributed by atoms with Gasteiger partial charge in [-0.1, -0.05) is 68.3 Å². The molecule has 0 bridgehead atoms. The van der Waals surface area contributed by atoms with Gasteiger partial charge in [0, 0.05) is 0 Å². The first-order chi connectivity index (χ1) is 15.9. The smallest absolute Gasteiger partial charge is 0.335 e. The van der Waals surface area contributed by atoms with Crippen LogP contribution in [0.4, 0.5) is 5.69 Å². The van der Waals surface area contributed by atoms with Crippen LogP contribution < -0.4 is 4.72 Å². The zero-order valence-electron chi connectivity index (χ0n) is 19.0. The van der Waals surface area contributed by atoms with E-state index in [0.717, 1.165) is 55.2 Å². The Bertz CT molecular complexity index is 1170. The highest BCUT2D eigenvalue weighted by atomic mass is 32.2. The number of nitrogens with one attached hydrogen (secondary N) is 1. The lowest BCUT2D eigenvalue weighted by molar-refractivity contribution is 0.0695. The second kappa shape index (κ2) is 11.7. The Morgan fingerprint density at radius 3 is 2.06 bits per heavy atom. The summed E-state index contributed by atoms with van der Waals surface area (Å²) in [6.07, 6.45) is 6.09. The van der Waals surface area contributed by atoms with Gasteiger partial charge in [-0.2, -0.15) is 0 Å². The number of unbranched alkanes of at least 4 members (excludes halogenated alkanes) is 2.